The van der Waals surface area contributed by atoms with Crippen LogP contribution >= 0.6 is 0 Å². The minimum absolute atomic E-state index is 0.164. The Labute approximate surface area is 154 Å². The lowest BCUT2D eigenvalue weighted by Crippen LogP contribution is -2.13. The molecule has 0 saturated heterocycles. The van der Waals surface area contributed by atoms with Gasteiger partial charge in [0, 0.05) is 17.6 Å². The van der Waals surface area contributed by atoms with Crippen LogP contribution in [0.3, 0.4) is 0 Å². The number of carbonyl (C=O) groups excluding carboxylic acids is 1. The van der Waals surface area contributed by atoms with E-state index < -0.39 is 0 Å². The third-order valence-corrected chi connectivity index (χ3v) is 4.32. The summed E-state index contributed by atoms with van der Waals surface area (Å²) in [4.78, 5) is 16.8. The molecule has 0 aliphatic heterocycles. The zero-order valence-corrected chi connectivity index (χ0v) is 15.3. The van der Waals surface area contributed by atoms with Crippen LogP contribution in [0.4, 0.5) is 17.1 Å². The van der Waals surface area contributed by atoms with E-state index in [-0.39, 0.29) is 5.91 Å². The number of benzene rings is 2. The predicted molar refractivity (Wildman–Crippen MR) is 107 cm³/mol. The fourth-order valence-corrected chi connectivity index (χ4v) is 2.80. The molecular weight excluding hydrogens is 322 g/mol. The number of nitrogens with one attached hydrogen (secondary N) is 2. The molecule has 4 nitrogen and oxygen atoms in total. The van der Waals surface area contributed by atoms with Crippen molar-refractivity contribution in [2.24, 2.45) is 0 Å². The standard InChI is InChI=1S/C22H23N3O/c1-4-17-7-5-6-8-20(17)25-22(26)18-12-19(14-23-13-18)24-21-11-15(2)9-10-16(21)3/h5-14,24H,4H2,1-3H3,(H,25,26). The highest BCUT2D eigenvalue weighted by Crippen LogP contribution is 2.22. The number of para-hydroxylation sites is 1. The van der Waals surface area contributed by atoms with Crippen LogP contribution in [0.25, 0.3) is 0 Å². The molecule has 0 spiro atoms. The second-order valence-electron chi connectivity index (χ2n) is 6.37. The number of carbonyl (C=O) groups is 1. The van der Waals surface area contributed by atoms with Crippen LogP contribution in [0.2, 0.25) is 0 Å². The van der Waals surface area contributed by atoms with Gasteiger partial charge >= 0.3 is 0 Å². The second-order valence-corrected chi connectivity index (χ2v) is 6.37. The van der Waals surface area contributed by atoms with Crippen molar-refractivity contribution in [2.75, 3.05) is 10.6 Å². The summed E-state index contributed by atoms with van der Waals surface area (Å²) < 4.78 is 0. The number of anilines is 3. The monoisotopic (exact) mass is 345 g/mol. The number of aryl methyl sites for hydroxylation is 3. The van der Waals surface area contributed by atoms with E-state index in [0.29, 0.717) is 5.56 Å². The zero-order chi connectivity index (χ0) is 18.5. The fraction of sp³-hybridized carbons (Fsp3) is 0.182. The first-order valence-electron chi connectivity index (χ1n) is 8.75. The van der Waals surface area contributed by atoms with Gasteiger partial charge in [-0.05, 0) is 55.2 Å². The molecule has 1 amide bonds. The first-order chi connectivity index (χ1) is 12.6. The number of hydrogen-bond donors (Lipinski definition) is 2. The van der Waals surface area contributed by atoms with Crippen LogP contribution in [-0.2, 0) is 6.42 Å². The van der Waals surface area contributed by atoms with Crippen LogP contribution in [0.5, 0.6) is 0 Å². The smallest absolute Gasteiger partial charge is 0.257 e. The molecule has 0 saturated carbocycles. The normalized spacial score (nSPS) is 10.4. The third kappa shape index (κ3) is 4.09. The molecule has 3 rings (SSSR count). The summed E-state index contributed by atoms with van der Waals surface area (Å²) in [6.45, 7) is 6.17. The molecule has 2 aromatic carbocycles. The van der Waals surface area contributed by atoms with E-state index >= 15 is 0 Å². The molecular formula is C22H23N3O. The number of hydrogen-bond acceptors (Lipinski definition) is 3. The fourth-order valence-electron chi connectivity index (χ4n) is 2.80. The molecule has 3 aromatic rings. The first-order valence-corrected chi connectivity index (χ1v) is 8.75. The number of aromatic nitrogens is 1. The largest absolute Gasteiger partial charge is 0.354 e. The Kier molecular flexibility index (Phi) is 5.32. The molecule has 0 unspecified atom stereocenters. The average molecular weight is 345 g/mol. The molecule has 4 heteroatoms. The van der Waals surface area contributed by atoms with E-state index in [0.717, 1.165) is 34.6 Å². The quantitative estimate of drug-likeness (QED) is 0.663. The number of pyridine rings is 1. The highest BCUT2D eigenvalue weighted by molar-refractivity contribution is 6.05. The zero-order valence-electron chi connectivity index (χ0n) is 15.3. The van der Waals surface area contributed by atoms with Gasteiger partial charge in [-0.1, -0.05) is 37.3 Å². The van der Waals surface area contributed by atoms with Crippen molar-refractivity contribution >= 4 is 23.0 Å². The van der Waals surface area contributed by atoms with Crippen LogP contribution in [-0.4, -0.2) is 10.9 Å². The molecule has 0 atom stereocenters. The minimum Gasteiger partial charge on any atom is -0.354 e. The lowest BCUT2D eigenvalue weighted by molar-refractivity contribution is 0.102. The van der Waals surface area contributed by atoms with Gasteiger partial charge < -0.3 is 10.6 Å². The van der Waals surface area contributed by atoms with Gasteiger partial charge in [0.15, 0.2) is 0 Å². The van der Waals surface area contributed by atoms with E-state index in [4.69, 9.17) is 0 Å². The molecule has 132 valence electrons. The van der Waals surface area contributed by atoms with E-state index in [9.17, 15) is 4.79 Å². The van der Waals surface area contributed by atoms with Crippen molar-refractivity contribution in [3.8, 4) is 0 Å². The van der Waals surface area contributed by atoms with Gasteiger partial charge in [0.05, 0.1) is 17.4 Å². The molecule has 2 N–H and O–H groups in total. The van der Waals surface area contributed by atoms with Crippen molar-refractivity contribution in [1.82, 2.24) is 4.98 Å². The molecule has 0 bridgehead atoms. The van der Waals surface area contributed by atoms with E-state index in [1.54, 1.807) is 12.4 Å². The van der Waals surface area contributed by atoms with Gasteiger partial charge in [0.2, 0.25) is 0 Å². The third-order valence-electron chi connectivity index (χ3n) is 4.32. The molecule has 26 heavy (non-hydrogen) atoms. The van der Waals surface area contributed by atoms with E-state index in [1.165, 1.54) is 5.56 Å². The van der Waals surface area contributed by atoms with Gasteiger partial charge in [-0.3, -0.25) is 9.78 Å². The maximum atomic E-state index is 12.6. The van der Waals surface area contributed by atoms with Gasteiger partial charge in [-0.15, -0.1) is 0 Å². The SMILES string of the molecule is CCc1ccccc1NC(=O)c1cncc(Nc2cc(C)ccc2C)c1. The molecule has 0 radical (unpaired) electrons. The maximum Gasteiger partial charge on any atom is 0.257 e. The van der Waals surface area contributed by atoms with Crippen LogP contribution in [0, 0.1) is 13.8 Å². The molecule has 1 aromatic heterocycles. The van der Waals surface area contributed by atoms with Crippen molar-refractivity contribution < 1.29 is 4.79 Å². The minimum atomic E-state index is -0.164. The topological polar surface area (TPSA) is 54.0 Å². The van der Waals surface area contributed by atoms with Crippen molar-refractivity contribution in [3.63, 3.8) is 0 Å². The Morgan fingerprint density at radius 2 is 1.81 bits per heavy atom. The highest BCUT2D eigenvalue weighted by Gasteiger charge is 2.10. The Balaban J connectivity index is 1.80. The van der Waals surface area contributed by atoms with E-state index in [1.807, 2.05) is 37.3 Å². The van der Waals surface area contributed by atoms with Crippen LogP contribution < -0.4 is 10.6 Å². The number of rotatable bonds is 5. The van der Waals surface area contributed by atoms with Gasteiger partial charge in [0.1, 0.15) is 0 Å². The lowest BCUT2D eigenvalue weighted by atomic mass is 10.1. The first kappa shape index (κ1) is 17.7. The predicted octanol–water partition coefficient (Wildman–Crippen LogP) is 5.26. The average Bonchev–Trinajstić information content (AvgIpc) is 2.65. The number of nitrogens with zero attached hydrogens (tertiary/aromatic N) is 1. The van der Waals surface area contributed by atoms with Gasteiger partial charge in [0.25, 0.3) is 5.91 Å². The van der Waals surface area contributed by atoms with Crippen molar-refractivity contribution in [3.05, 3.63) is 83.2 Å². The lowest BCUT2D eigenvalue weighted by Gasteiger charge is -2.12. The van der Waals surface area contributed by atoms with Crippen LogP contribution in [0.1, 0.15) is 34.0 Å². The summed E-state index contributed by atoms with van der Waals surface area (Å²) >= 11 is 0. The summed E-state index contributed by atoms with van der Waals surface area (Å²) in [7, 11) is 0. The Bertz CT molecular complexity index is 934. The van der Waals surface area contributed by atoms with Crippen LogP contribution in [0.15, 0.2) is 60.9 Å². The van der Waals surface area contributed by atoms with Gasteiger partial charge in [-0.25, -0.2) is 0 Å². The summed E-state index contributed by atoms with van der Waals surface area (Å²) in [6, 6.07) is 15.9. The molecule has 1 heterocycles. The van der Waals surface area contributed by atoms with Crippen molar-refractivity contribution in [1.29, 1.82) is 0 Å². The Morgan fingerprint density at radius 1 is 1.00 bits per heavy atom. The highest BCUT2D eigenvalue weighted by atomic mass is 16.1. The number of amides is 1. The van der Waals surface area contributed by atoms with Crippen molar-refractivity contribution in [2.45, 2.75) is 27.2 Å². The summed E-state index contributed by atoms with van der Waals surface area (Å²) in [5.74, 6) is -0.164. The maximum absolute atomic E-state index is 12.6. The van der Waals surface area contributed by atoms with E-state index in [2.05, 4.69) is 47.7 Å². The Hall–Kier alpha value is -3.14. The summed E-state index contributed by atoms with van der Waals surface area (Å²) in [5, 5.41) is 6.33. The molecule has 0 aliphatic carbocycles. The molecule has 0 fully saturated rings. The molecule has 0 aliphatic rings. The summed E-state index contributed by atoms with van der Waals surface area (Å²) in [5.41, 5.74) is 6.59. The summed E-state index contributed by atoms with van der Waals surface area (Å²) in [6.07, 6.45) is 4.17. The van der Waals surface area contributed by atoms with Gasteiger partial charge in [-0.2, -0.15) is 0 Å². The Morgan fingerprint density at radius 3 is 2.62 bits per heavy atom. The second kappa shape index (κ2) is 7.83.